The Labute approximate surface area is 192 Å². The van der Waals surface area contributed by atoms with Crippen molar-refractivity contribution in [2.75, 3.05) is 38.0 Å². The normalized spacial score (nSPS) is 12.9. The number of hydrogen-bond donors (Lipinski definition) is 0. The number of fused-ring (bicyclic) bond motifs is 1. The van der Waals surface area contributed by atoms with Gasteiger partial charge in [0.1, 0.15) is 5.69 Å². The second-order valence-corrected chi connectivity index (χ2v) is 7.35. The Bertz CT molecular complexity index is 958. The molecular weight excluding hydrogens is 398 g/mol. The molecule has 0 bridgehead atoms. The lowest BCUT2D eigenvalue weighted by molar-refractivity contribution is 0.0243. The van der Waals surface area contributed by atoms with Crippen LogP contribution in [0.2, 0.25) is 0 Å². The highest BCUT2D eigenvalue weighted by Crippen LogP contribution is 2.46. The summed E-state index contributed by atoms with van der Waals surface area (Å²) in [6.07, 6.45) is 1.71. The number of pyridine rings is 1. The van der Waals surface area contributed by atoms with Gasteiger partial charge in [-0.1, -0.05) is 52.0 Å². The number of rotatable bonds is 4. The molecule has 0 spiro atoms. The molecule has 0 radical (unpaired) electrons. The number of carbonyl (C=O) groups is 1. The smallest absolute Gasteiger partial charge is 0.341 e. The highest BCUT2D eigenvalue weighted by Gasteiger charge is 2.49. The lowest BCUT2D eigenvalue weighted by Gasteiger charge is -2.30. The molecule has 5 nitrogen and oxygen atoms in total. The van der Waals surface area contributed by atoms with E-state index in [9.17, 15) is 4.79 Å². The Kier molecular flexibility index (Phi) is 8.41. The van der Waals surface area contributed by atoms with Crippen LogP contribution in [-0.2, 0) is 10.3 Å². The SMILES string of the molecule is CC.CC.CN(C)c1ccc(C2(c3ccc(N(C)C)cc3)OC(=O)c3cccnc32)cc1. The van der Waals surface area contributed by atoms with E-state index < -0.39 is 5.60 Å². The van der Waals surface area contributed by atoms with Gasteiger partial charge in [-0.15, -0.1) is 0 Å². The van der Waals surface area contributed by atoms with Gasteiger partial charge in [-0.2, -0.15) is 0 Å². The van der Waals surface area contributed by atoms with Crippen molar-refractivity contribution < 1.29 is 9.53 Å². The monoisotopic (exact) mass is 433 g/mol. The number of benzene rings is 2. The number of esters is 1. The molecule has 170 valence electrons. The maximum atomic E-state index is 12.7. The average Bonchev–Trinajstić information content (AvgIpc) is 3.15. The zero-order valence-electron chi connectivity index (χ0n) is 20.5. The number of ether oxygens (including phenoxy) is 1. The predicted molar refractivity (Wildman–Crippen MR) is 134 cm³/mol. The summed E-state index contributed by atoms with van der Waals surface area (Å²) in [6, 6.07) is 19.7. The van der Waals surface area contributed by atoms with Crippen LogP contribution in [0.4, 0.5) is 11.4 Å². The Morgan fingerprint density at radius 2 is 1.16 bits per heavy atom. The van der Waals surface area contributed by atoms with E-state index in [1.165, 1.54) is 0 Å². The first-order chi connectivity index (χ1) is 15.4. The molecule has 4 rings (SSSR count). The molecule has 5 heteroatoms. The number of cyclic esters (lactones) is 1. The minimum absolute atomic E-state index is 0.350. The summed E-state index contributed by atoms with van der Waals surface area (Å²) in [7, 11) is 7.99. The summed E-state index contributed by atoms with van der Waals surface area (Å²) in [5.74, 6) is -0.350. The van der Waals surface area contributed by atoms with Gasteiger partial charge in [0.25, 0.3) is 0 Å². The summed E-state index contributed by atoms with van der Waals surface area (Å²) in [5, 5.41) is 0. The van der Waals surface area contributed by atoms with E-state index in [4.69, 9.17) is 4.74 Å². The molecular formula is C27H35N3O2. The molecule has 1 aromatic heterocycles. The maximum Gasteiger partial charge on any atom is 0.341 e. The Morgan fingerprint density at radius 1 is 0.719 bits per heavy atom. The third-order valence-corrected chi connectivity index (χ3v) is 5.19. The molecule has 32 heavy (non-hydrogen) atoms. The van der Waals surface area contributed by atoms with Crippen LogP contribution >= 0.6 is 0 Å². The van der Waals surface area contributed by atoms with Crippen LogP contribution in [0.1, 0.15) is 54.9 Å². The Morgan fingerprint density at radius 3 is 1.56 bits per heavy atom. The van der Waals surface area contributed by atoms with Gasteiger partial charge in [-0.05, 0) is 36.4 Å². The van der Waals surface area contributed by atoms with Crippen molar-refractivity contribution in [1.82, 2.24) is 4.98 Å². The molecule has 0 unspecified atom stereocenters. The van der Waals surface area contributed by atoms with Crippen LogP contribution in [-0.4, -0.2) is 39.1 Å². The van der Waals surface area contributed by atoms with Crippen LogP contribution in [0.3, 0.4) is 0 Å². The van der Waals surface area contributed by atoms with E-state index in [1.54, 1.807) is 18.3 Å². The van der Waals surface area contributed by atoms with E-state index in [1.807, 2.05) is 114 Å². The fraction of sp³-hybridized carbons (Fsp3) is 0.333. The van der Waals surface area contributed by atoms with Crippen molar-refractivity contribution in [3.8, 4) is 0 Å². The number of anilines is 2. The Hall–Kier alpha value is -3.34. The van der Waals surface area contributed by atoms with Crippen molar-refractivity contribution in [3.63, 3.8) is 0 Å². The summed E-state index contributed by atoms with van der Waals surface area (Å²) >= 11 is 0. The highest BCUT2D eigenvalue weighted by molar-refractivity contribution is 5.95. The second-order valence-electron chi connectivity index (χ2n) is 7.35. The number of carbonyl (C=O) groups excluding carboxylic acids is 1. The van der Waals surface area contributed by atoms with Gasteiger partial charge in [0.2, 0.25) is 5.60 Å². The fourth-order valence-corrected chi connectivity index (χ4v) is 3.64. The summed E-state index contributed by atoms with van der Waals surface area (Å²) in [4.78, 5) is 21.3. The molecule has 0 saturated carbocycles. The van der Waals surface area contributed by atoms with E-state index in [0.717, 1.165) is 22.5 Å². The molecule has 0 amide bonds. The van der Waals surface area contributed by atoms with Crippen LogP contribution in [0, 0.1) is 0 Å². The zero-order valence-corrected chi connectivity index (χ0v) is 20.5. The number of aromatic nitrogens is 1. The van der Waals surface area contributed by atoms with Crippen LogP contribution < -0.4 is 9.80 Å². The van der Waals surface area contributed by atoms with E-state index in [2.05, 4.69) is 4.98 Å². The van der Waals surface area contributed by atoms with Gasteiger partial charge in [0.05, 0.1) is 5.56 Å². The predicted octanol–water partition coefficient (Wildman–Crippen LogP) is 5.73. The van der Waals surface area contributed by atoms with Gasteiger partial charge in [0.15, 0.2) is 0 Å². The van der Waals surface area contributed by atoms with Crippen molar-refractivity contribution in [2.24, 2.45) is 0 Å². The minimum Gasteiger partial charge on any atom is -0.439 e. The van der Waals surface area contributed by atoms with E-state index >= 15 is 0 Å². The van der Waals surface area contributed by atoms with Gasteiger partial charge in [0, 0.05) is 56.9 Å². The first-order valence-corrected chi connectivity index (χ1v) is 11.2. The lowest BCUT2D eigenvalue weighted by atomic mass is 9.82. The van der Waals surface area contributed by atoms with Gasteiger partial charge < -0.3 is 14.5 Å². The molecule has 0 aliphatic carbocycles. The molecule has 1 aliphatic rings. The second kappa shape index (κ2) is 10.8. The van der Waals surface area contributed by atoms with Gasteiger partial charge in [-0.25, -0.2) is 4.79 Å². The molecule has 0 N–H and O–H groups in total. The standard InChI is InChI=1S/C23H23N3O2.2C2H6/c1-25(2)18-11-7-16(8-12-18)23(17-9-13-19(14-10-17)26(3)4)21-20(22(27)28-23)6-5-15-24-21;2*1-2/h5-15H,1-4H3;2*1-2H3. The quantitative estimate of drug-likeness (QED) is 0.492. The zero-order chi connectivity index (χ0) is 23.9. The molecule has 0 atom stereocenters. The van der Waals surface area contributed by atoms with Crippen molar-refractivity contribution in [3.05, 3.63) is 89.2 Å². The molecule has 3 aromatic rings. The number of hydrogen-bond acceptors (Lipinski definition) is 5. The van der Waals surface area contributed by atoms with Crippen molar-refractivity contribution >= 4 is 17.3 Å². The lowest BCUT2D eigenvalue weighted by Crippen LogP contribution is -2.30. The number of nitrogens with zero attached hydrogens (tertiary/aromatic N) is 3. The summed E-state index contributed by atoms with van der Waals surface area (Å²) in [6.45, 7) is 8.00. The van der Waals surface area contributed by atoms with Gasteiger partial charge >= 0.3 is 5.97 Å². The maximum absolute atomic E-state index is 12.7. The molecule has 1 aliphatic heterocycles. The topological polar surface area (TPSA) is 45.7 Å². The summed E-state index contributed by atoms with van der Waals surface area (Å²) < 4.78 is 6.06. The van der Waals surface area contributed by atoms with Crippen LogP contribution in [0.5, 0.6) is 0 Å². The van der Waals surface area contributed by atoms with Crippen molar-refractivity contribution in [2.45, 2.75) is 33.3 Å². The first kappa shape index (κ1) is 24.9. The van der Waals surface area contributed by atoms with Gasteiger partial charge in [-0.3, -0.25) is 4.98 Å². The molecule has 2 aromatic carbocycles. The van der Waals surface area contributed by atoms with Crippen LogP contribution in [0.15, 0.2) is 66.9 Å². The molecule has 0 fully saturated rings. The van der Waals surface area contributed by atoms with E-state index in [-0.39, 0.29) is 5.97 Å². The average molecular weight is 434 g/mol. The van der Waals surface area contributed by atoms with E-state index in [0.29, 0.717) is 11.3 Å². The van der Waals surface area contributed by atoms with Crippen LogP contribution in [0.25, 0.3) is 0 Å². The first-order valence-electron chi connectivity index (χ1n) is 11.2. The highest BCUT2D eigenvalue weighted by atomic mass is 16.6. The fourth-order valence-electron chi connectivity index (χ4n) is 3.64. The van der Waals surface area contributed by atoms with Crippen molar-refractivity contribution in [1.29, 1.82) is 0 Å². The third kappa shape index (κ3) is 4.47. The largest absolute Gasteiger partial charge is 0.439 e. The Balaban J connectivity index is 0.000000860. The third-order valence-electron chi connectivity index (χ3n) is 5.19. The summed E-state index contributed by atoms with van der Waals surface area (Å²) in [5.41, 5.74) is 4.00. The molecule has 2 heterocycles. The molecule has 0 saturated heterocycles. The minimum atomic E-state index is -1.05.